The summed E-state index contributed by atoms with van der Waals surface area (Å²) in [6.45, 7) is 10.1. The zero-order valence-corrected chi connectivity index (χ0v) is 10.7. The van der Waals surface area contributed by atoms with E-state index in [0.717, 1.165) is 26.2 Å². The predicted octanol–water partition coefficient (Wildman–Crippen LogP) is -0.565. The summed E-state index contributed by atoms with van der Waals surface area (Å²) in [5, 5.41) is 23.1. The van der Waals surface area contributed by atoms with Gasteiger partial charge in [0.25, 0.3) is 0 Å². The fourth-order valence-electron chi connectivity index (χ4n) is 1.39. The molecule has 0 aromatic heterocycles. The second-order valence-electron chi connectivity index (χ2n) is 5.30. The maximum absolute atomic E-state index is 9.94. The predicted molar refractivity (Wildman–Crippen MR) is 63.9 cm³/mol. The number of aliphatic hydroxyl groups is 1. The summed E-state index contributed by atoms with van der Waals surface area (Å²) in [7, 11) is -0.955. The van der Waals surface area contributed by atoms with Crippen LogP contribution in [0.15, 0.2) is 0 Å². The fourth-order valence-corrected chi connectivity index (χ4v) is 1.39. The van der Waals surface area contributed by atoms with Crippen LogP contribution in [-0.2, 0) is 4.65 Å². The lowest BCUT2D eigenvalue weighted by atomic mass is 9.87. The number of nitrogens with one attached hydrogen (secondary N) is 1. The number of hydrogen-bond acceptors (Lipinski definition) is 5. The first kappa shape index (κ1) is 13.9. The van der Waals surface area contributed by atoms with Gasteiger partial charge in [0.2, 0.25) is 0 Å². The zero-order chi connectivity index (χ0) is 12.4. The third-order valence-corrected chi connectivity index (χ3v) is 3.34. The van der Waals surface area contributed by atoms with Gasteiger partial charge in [-0.05, 0) is 27.7 Å². The summed E-state index contributed by atoms with van der Waals surface area (Å²) < 4.78 is 5.55. The van der Waals surface area contributed by atoms with E-state index < -0.39 is 18.5 Å². The Morgan fingerprint density at radius 3 is 2.12 bits per heavy atom. The molecule has 1 heterocycles. The van der Waals surface area contributed by atoms with Crippen molar-refractivity contribution < 1.29 is 14.8 Å². The van der Waals surface area contributed by atoms with Gasteiger partial charge in [0, 0.05) is 26.2 Å². The van der Waals surface area contributed by atoms with Gasteiger partial charge < -0.3 is 20.1 Å². The van der Waals surface area contributed by atoms with Gasteiger partial charge in [0.1, 0.15) is 0 Å². The molecule has 3 N–H and O–H groups in total. The third-order valence-electron chi connectivity index (χ3n) is 3.34. The Morgan fingerprint density at radius 1 is 1.19 bits per heavy atom. The van der Waals surface area contributed by atoms with Crippen LogP contribution >= 0.6 is 0 Å². The Hall–Kier alpha value is -0.135. The van der Waals surface area contributed by atoms with Crippen molar-refractivity contribution in [1.29, 1.82) is 0 Å². The first-order valence-electron chi connectivity index (χ1n) is 5.77. The molecule has 1 aliphatic rings. The molecule has 0 amide bonds. The van der Waals surface area contributed by atoms with Crippen LogP contribution in [0.5, 0.6) is 0 Å². The van der Waals surface area contributed by atoms with Gasteiger partial charge in [-0.1, -0.05) is 0 Å². The minimum absolute atomic E-state index is 0.753. The van der Waals surface area contributed by atoms with Crippen molar-refractivity contribution in [3.05, 3.63) is 0 Å². The maximum atomic E-state index is 9.94. The number of piperazine rings is 1. The van der Waals surface area contributed by atoms with Crippen LogP contribution in [0.2, 0.25) is 0 Å². The molecule has 0 bridgehead atoms. The van der Waals surface area contributed by atoms with Gasteiger partial charge >= 0.3 is 7.25 Å². The Labute approximate surface area is 97.9 Å². The van der Waals surface area contributed by atoms with Crippen molar-refractivity contribution in [3.63, 3.8) is 0 Å². The average Bonchev–Trinajstić information content (AvgIpc) is 2.16. The molecular weight excluding hydrogens is 207 g/mol. The largest absolute Gasteiger partial charge is 0.555 e. The van der Waals surface area contributed by atoms with E-state index in [1.165, 1.54) is 0 Å². The molecule has 1 saturated heterocycles. The zero-order valence-electron chi connectivity index (χ0n) is 10.7. The quantitative estimate of drug-likeness (QED) is 0.565. The van der Waals surface area contributed by atoms with E-state index in [2.05, 4.69) is 5.32 Å². The van der Waals surface area contributed by atoms with E-state index in [1.807, 2.05) is 4.81 Å². The SMILES string of the molecule is CC(C)(O)C(C)(C)OB(O)N1CCNCC1. The van der Waals surface area contributed by atoms with Crippen molar-refractivity contribution in [3.8, 4) is 0 Å². The summed E-state index contributed by atoms with van der Waals surface area (Å²) >= 11 is 0. The molecule has 0 aromatic rings. The molecule has 0 atom stereocenters. The van der Waals surface area contributed by atoms with Crippen LogP contribution in [0.4, 0.5) is 0 Å². The van der Waals surface area contributed by atoms with Crippen LogP contribution in [0.3, 0.4) is 0 Å². The van der Waals surface area contributed by atoms with Gasteiger partial charge in [0.05, 0.1) is 11.2 Å². The lowest BCUT2D eigenvalue weighted by Crippen LogP contribution is -2.58. The highest BCUT2D eigenvalue weighted by Crippen LogP contribution is 2.25. The topological polar surface area (TPSA) is 65.0 Å². The van der Waals surface area contributed by atoms with Gasteiger partial charge in [-0.3, -0.25) is 4.81 Å². The van der Waals surface area contributed by atoms with Crippen LogP contribution < -0.4 is 5.32 Å². The highest BCUT2D eigenvalue weighted by Gasteiger charge is 2.41. The van der Waals surface area contributed by atoms with Gasteiger partial charge in [-0.2, -0.15) is 0 Å². The summed E-state index contributed by atoms with van der Waals surface area (Å²) in [4.78, 5) is 1.85. The summed E-state index contributed by atoms with van der Waals surface area (Å²) in [6.07, 6.45) is 0. The molecule has 0 aromatic carbocycles. The van der Waals surface area contributed by atoms with Gasteiger partial charge in [-0.15, -0.1) is 0 Å². The van der Waals surface area contributed by atoms with Gasteiger partial charge in [0.15, 0.2) is 0 Å². The van der Waals surface area contributed by atoms with E-state index in [4.69, 9.17) is 4.65 Å². The lowest BCUT2D eigenvalue weighted by molar-refractivity contribution is -0.106. The molecule has 94 valence electrons. The Morgan fingerprint density at radius 2 is 1.69 bits per heavy atom. The molecule has 1 rings (SSSR count). The smallest absolute Gasteiger partial charge is 0.413 e. The van der Waals surface area contributed by atoms with Crippen LogP contribution in [0.25, 0.3) is 0 Å². The Bertz CT molecular complexity index is 225. The van der Waals surface area contributed by atoms with Gasteiger partial charge in [-0.25, -0.2) is 0 Å². The molecule has 0 unspecified atom stereocenters. The molecule has 5 nitrogen and oxygen atoms in total. The monoisotopic (exact) mass is 230 g/mol. The Balaban J connectivity index is 2.52. The van der Waals surface area contributed by atoms with Crippen molar-refractivity contribution in [1.82, 2.24) is 10.1 Å². The Kier molecular flexibility index (Phi) is 4.37. The maximum Gasteiger partial charge on any atom is 0.555 e. The molecule has 0 radical (unpaired) electrons. The van der Waals surface area contributed by atoms with Crippen molar-refractivity contribution in [2.24, 2.45) is 0 Å². The second kappa shape index (κ2) is 5.02. The molecular formula is C10H23BN2O3. The molecule has 1 fully saturated rings. The van der Waals surface area contributed by atoms with Crippen LogP contribution in [0, 0.1) is 0 Å². The van der Waals surface area contributed by atoms with Crippen LogP contribution in [-0.4, -0.2) is 59.6 Å². The first-order valence-corrected chi connectivity index (χ1v) is 5.77. The van der Waals surface area contributed by atoms with Crippen molar-refractivity contribution in [2.75, 3.05) is 26.2 Å². The molecule has 16 heavy (non-hydrogen) atoms. The standard InChI is InChI=1S/C10H23BN2O3/c1-9(2,14)10(3,4)16-11(15)13-7-5-12-6-8-13/h12,14-15H,5-8H2,1-4H3. The van der Waals surface area contributed by atoms with E-state index in [1.54, 1.807) is 27.7 Å². The summed E-state index contributed by atoms with van der Waals surface area (Å²) in [5.74, 6) is 0. The summed E-state index contributed by atoms with van der Waals surface area (Å²) in [6, 6.07) is 0. The number of hydrogen-bond donors (Lipinski definition) is 3. The number of nitrogens with zero attached hydrogens (tertiary/aromatic N) is 1. The minimum atomic E-state index is -0.998. The van der Waals surface area contributed by atoms with E-state index >= 15 is 0 Å². The molecule has 0 spiro atoms. The van der Waals surface area contributed by atoms with E-state index in [0.29, 0.717) is 0 Å². The fraction of sp³-hybridized carbons (Fsp3) is 1.00. The number of rotatable bonds is 4. The summed E-state index contributed by atoms with van der Waals surface area (Å²) in [5.41, 5.74) is -1.79. The van der Waals surface area contributed by atoms with E-state index in [9.17, 15) is 10.1 Å². The lowest BCUT2D eigenvalue weighted by Gasteiger charge is -2.40. The van der Waals surface area contributed by atoms with Crippen molar-refractivity contribution >= 4 is 7.25 Å². The van der Waals surface area contributed by atoms with Crippen molar-refractivity contribution in [2.45, 2.75) is 38.9 Å². The van der Waals surface area contributed by atoms with E-state index in [-0.39, 0.29) is 0 Å². The average molecular weight is 230 g/mol. The van der Waals surface area contributed by atoms with Crippen LogP contribution in [0.1, 0.15) is 27.7 Å². The third kappa shape index (κ3) is 3.43. The minimum Gasteiger partial charge on any atom is -0.413 e. The highest BCUT2D eigenvalue weighted by molar-refractivity contribution is 6.39. The second-order valence-corrected chi connectivity index (χ2v) is 5.30. The normalized spacial score (nSPS) is 19.9. The molecule has 0 aliphatic carbocycles. The molecule has 0 saturated carbocycles. The molecule has 6 heteroatoms. The molecule has 1 aliphatic heterocycles. The first-order chi connectivity index (χ1) is 7.24. The highest BCUT2D eigenvalue weighted by atomic mass is 16.6.